The summed E-state index contributed by atoms with van der Waals surface area (Å²) in [6.45, 7) is 5.55. The van der Waals surface area contributed by atoms with Gasteiger partial charge in [0.15, 0.2) is 0 Å². The molecule has 1 aromatic heterocycles. The summed E-state index contributed by atoms with van der Waals surface area (Å²) in [5.74, 6) is 2.72. The van der Waals surface area contributed by atoms with E-state index in [4.69, 9.17) is 0 Å². The van der Waals surface area contributed by atoms with E-state index in [0.29, 0.717) is 0 Å². The molecule has 1 aliphatic carbocycles. The van der Waals surface area contributed by atoms with Gasteiger partial charge in [-0.1, -0.05) is 26.2 Å². The molecule has 2 atom stereocenters. The number of nitrogens with zero attached hydrogens (tertiary/aromatic N) is 2. The highest BCUT2D eigenvalue weighted by molar-refractivity contribution is 5.35. The summed E-state index contributed by atoms with van der Waals surface area (Å²) >= 11 is 0. The third-order valence-electron chi connectivity index (χ3n) is 3.95. The molecule has 90 valence electrons. The molecule has 3 heteroatoms. The van der Waals surface area contributed by atoms with Crippen LogP contribution >= 0.6 is 0 Å². The summed E-state index contributed by atoms with van der Waals surface area (Å²) in [5, 5.41) is 7.90. The van der Waals surface area contributed by atoms with Crippen molar-refractivity contribution in [1.82, 2.24) is 9.78 Å². The highest BCUT2D eigenvalue weighted by Crippen LogP contribution is 2.29. The number of aryl methyl sites for hydroxylation is 2. The van der Waals surface area contributed by atoms with Crippen molar-refractivity contribution in [2.45, 2.75) is 39.5 Å². The van der Waals surface area contributed by atoms with Crippen LogP contribution in [0.5, 0.6) is 0 Å². The van der Waals surface area contributed by atoms with E-state index in [2.05, 4.69) is 30.3 Å². The molecular formula is C13H23N3. The molecule has 0 saturated heterocycles. The van der Waals surface area contributed by atoms with E-state index in [-0.39, 0.29) is 0 Å². The SMILES string of the molecule is Cc1cc(NCC2CCCCC2C)nn1C. The molecule has 0 spiro atoms. The molecule has 1 aromatic rings. The van der Waals surface area contributed by atoms with Gasteiger partial charge in [0, 0.05) is 25.4 Å². The van der Waals surface area contributed by atoms with E-state index in [1.165, 1.54) is 31.4 Å². The molecule has 0 aromatic carbocycles. The van der Waals surface area contributed by atoms with Crippen molar-refractivity contribution >= 4 is 5.82 Å². The maximum atomic E-state index is 4.43. The van der Waals surface area contributed by atoms with Crippen molar-refractivity contribution in [3.63, 3.8) is 0 Å². The predicted octanol–water partition coefficient (Wildman–Crippen LogP) is 2.97. The number of anilines is 1. The maximum Gasteiger partial charge on any atom is 0.148 e. The van der Waals surface area contributed by atoms with E-state index < -0.39 is 0 Å². The maximum absolute atomic E-state index is 4.43. The Hall–Kier alpha value is -0.990. The molecule has 16 heavy (non-hydrogen) atoms. The molecule has 0 bridgehead atoms. The van der Waals surface area contributed by atoms with E-state index in [1.807, 2.05) is 11.7 Å². The lowest BCUT2D eigenvalue weighted by Crippen LogP contribution is -2.24. The number of hydrogen-bond acceptors (Lipinski definition) is 2. The molecule has 0 radical (unpaired) electrons. The summed E-state index contributed by atoms with van der Waals surface area (Å²) in [6, 6.07) is 2.12. The Balaban J connectivity index is 1.86. The van der Waals surface area contributed by atoms with Crippen LogP contribution in [0.2, 0.25) is 0 Å². The van der Waals surface area contributed by atoms with Crippen LogP contribution in [0.1, 0.15) is 38.3 Å². The topological polar surface area (TPSA) is 29.9 Å². The van der Waals surface area contributed by atoms with Gasteiger partial charge in [0.2, 0.25) is 0 Å². The van der Waals surface area contributed by atoms with Gasteiger partial charge in [-0.05, 0) is 25.2 Å². The van der Waals surface area contributed by atoms with E-state index in [9.17, 15) is 0 Å². The Morgan fingerprint density at radius 2 is 2.19 bits per heavy atom. The largest absolute Gasteiger partial charge is 0.368 e. The third kappa shape index (κ3) is 2.57. The van der Waals surface area contributed by atoms with E-state index in [0.717, 1.165) is 24.2 Å². The zero-order valence-electron chi connectivity index (χ0n) is 10.7. The molecule has 3 nitrogen and oxygen atoms in total. The Kier molecular flexibility index (Phi) is 3.52. The summed E-state index contributed by atoms with van der Waals surface area (Å²) in [5.41, 5.74) is 1.21. The average molecular weight is 221 g/mol. The van der Waals surface area contributed by atoms with Gasteiger partial charge in [0.1, 0.15) is 5.82 Å². The standard InChI is InChI=1S/C13H23N3/c1-10-6-4-5-7-12(10)9-14-13-8-11(2)16(3)15-13/h8,10,12H,4-7,9H2,1-3H3,(H,14,15). The molecule has 0 amide bonds. The van der Waals surface area contributed by atoms with E-state index in [1.54, 1.807) is 0 Å². The quantitative estimate of drug-likeness (QED) is 0.850. The Bertz CT molecular complexity index is 323. The molecule has 2 rings (SSSR count). The fourth-order valence-electron chi connectivity index (χ4n) is 2.58. The van der Waals surface area contributed by atoms with Crippen molar-refractivity contribution in [3.05, 3.63) is 11.8 Å². The summed E-state index contributed by atoms with van der Waals surface area (Å²) in [7, 11) is 1.99. The smallest absolute Gasteiger partial charge is 0.148 e. The fourth-order valence-corrected chi connectivity index (χ4v) is 2.58. The van der Waals surface area contributed by atoms with Crippen LogP contribution in [-0.4, -0.2) is 16.3 Å². The van der Waals surface area contributed by atoms with Gasteiger partial charge in [-0.3, -0.25) is 4.68 Å². The van der Waals surface area contributed by atoms with Gasteiger partial charge in [0.05, 0.1) is 0 Å². The second kappa shape index (κ2) is 4.89. The monoisotopic (exact) mass is 221 g/mol. The number of hydrogen-bond donors (Lipinski definition) is 1. The van der Waals surface area contributed by atoms with E-state index >= 15 is 0 Å². The first-order valence-corrected chi connectivity index (χ1v) is 6.41. The van der Waals surface area contributed by atoms with Gasteiger partial charge in [-0.15, -0.1) is 0 Å². The molecule has 1 N–H and O–H groups in total. The van der Waals surface area contributed by atoms with Crippen LogP contribution in [0.4, 0.5) is 5.82 Å². The zero-order valence-corrected chi connectivity index (χ0v) is 10.7. The molecular weight excluding hydrogens is 198 g/mol. The first-order valence-electron chi connectivity index (χ1n) is 6.41. The van der Waals surface area contributed by atoms with Crippen LogP contribution in [0.3, 0.4) is 0 Å². The van der Waals surface area contributed by atoms with Crippen molar-refractivity contribution in [3.8, 4) is 0 Å². The minimum absolute atomic E-state index is 0.830. The Morgan fingerprint density at radius 1 is 1.44 bits per heavy atom. The highest BCUT2D eigenvalue weighted by atomic mass is 15.3. The Labute approximate surface area is 98.2 Å². The van der Waals surface area contributed by atoms with Gasteiger partial charge < -0.3 is 5.32 Å². The highest BCUT2D eigenvalue weighted by Gasteiger charge is 2.20. The van der Waals surface area contributed by atoms with Crippen molar-refractivity contribution in [2.75, 3.05) is 11.9 Å². The van der Waals surface area contributed by atoms with Crippen LogP contribution in [0.25, 0.3) is 0 Å². The van der Waals surface area contributed by atoms with Crippen molar-refractivity contribution in [1.29, 1.82) is 0 Å². The molecule has 2 unspecified atom stereocenters. The number of rotatable bonds is 3. The predicted molar refractivity (Wildman–Crippen MR) is 67.6 cm³/mol. The van der Waals surface area contributed by atoms with Crippen LogP contribution < -0.4 is 5.32 Å². The minimum Gasteiger partial charge on any atom is -0.368 e. The fraction of sp³-hybridized carbons (Fsp3) is 0.769. The van der Waals surface area contributed by atoms with Crippen LogP contribution in [-0.2, 0) is 7.05 Å². The summed E-state index contributed by atoms with van der Waals surface area (Å²) in [4.78, 5) is 0. The third-order valence-corrected chi connectivity index (χ3v) is 3.95. The molecule has 0 aliphatic heterocycles. The van der Waals surface area contributed by atoms with Crippen LogP contribution in [0, 0.1) is 18.8 Å². The normalized spacial score (nSPS) is 25.7. The molecule has 1 saturated carbocycles. The second-order valence-electron chi connectivity index (χ2n) is 5.20. The lowest BCUT2D eigenvalue weighted by Gasteiger charge is -2.28. The van der Waals surface area contributed by atoms with Crippen LogP contribution in [0.15, 0.2) is 6.07 Å². The summed E-state index contributed by atoms with van der Waals surface area (Å²) in [6.07, 6.45) is 5.59. The van der Waals surface area contributed by atoms with Gasteiger partial charge >= 0.3 is 0 Å². The number of aromatic nitrogens is 2. The Morgan fingerprint density at radius 3 is 2.81 bits per heavy atom. The lowest BCUT2D eigenvalue weighted by molar-refractivity contribution is 0.268. The average Bonchev–Trinajstić information content (AvgIpc) is 2.57. The van der Waals surface area contributed by atoms with Gasteiger partial charge in [0.25, 0.3) is 0 Å². The molecule has 1 fully saturated rings. The van der Waals surface area contributed by atoms with Crippen molar-refractivity contribution < 1.29 is 0 Å². The zero-order chi connectivity index (χ0) is 11.5. The first kappa shape index (κ1) is 11.5. The minimum atomic E-state index is 0.830. The molecule has 1 heterocycles. The number of nitrogens with one attached hydrogen (secondary N) is 1. The summed E-state index contributed by atoms with van der Waals surface area (Å²) < 4.78 is 1.92. The van der Waals surface area contributed by atoms with Gasteiger partial charge in [-0.25, -0.2) is 0 Å². The van der Waals surface area contributed by atoms with Gasteiger partial charge in [-0.2, -0.15) is 5.10 Å². The lowest BCUT2D eigenvalue weighted by atomic mass is 9.80. The second-order valence-corrected chi connectivity index (χ2v) is 5.20. The van der Waals surface area contributed by atoms with Crippen molar-refractivity contribution in [2.24, 2.45) is 18.9 Å². The first-order chi connectivity index (χ1) is 7.66. The molecule has 1 aliphatic rings.